The number of carbonyl (C=O) groups excluding carboxylic acids is 3. The number of nitrogens with zero attached hydrogens (tertiary/aromatic N) is 7. The van der Waals surface area contributed by atoms with Gasteiger partial charge >= 0.3 is 6.03 Å². The Kier molecular flexibility index (Phi) is 8.88. The molecule has 250 valence electrons. The lowest BCUT2D eigenvalue weighted by atomic mass is 9.87. The molecule has 1 aliphatic carbocycles. The molecule has 0 unspecified atom stereocenters. The Morgan fingerprint density at radius 2 is 1.72 bits per heavy atom. The van der Waals surface area contributed by atoms with E-state index < -0.39 is 17.9 Å². The number of nitrogens with one attached hydrogen (secondary N) is 2. The van der Waals surface area contributed by atoms with Gasteiger partial charge in [-0.2, -0.15) is 5.10 Å². The summed E-state index contributed by atoms with van der Waals surface area (Å²) < 4.78 is 29.5. The number of aromatic nitrogens is 3. The van der Waals surface area contributed by atoms with Crippen LogP contribution in [-0.2, 0) is 13.1 Å². The zero-order valence-corrected chi connectivity index (χ0v) is 27.2. The summed E-state index contributed by atoms with van der Waals surface area (Å²) in [6, 6.07) is 10.2. The number of carbonyl (C=O) groups is 3. The van der Waals surface area contributed by atoms with Crippen molar-refractivity contribution >= 4 is 29.4 Å². The summed E-state index contributed by atoms with van der Waals surface area (Å²) in [6.45, 7) is 6.10. The number of urea groups is 1. The van der Waals surface area contributed by atoms with Gasteiger partial charge in [0.2, 0.25) is 0 Å². The number of halogens is 2. The van der Waals surface area contributed by atoms with Crippen LogP contribution in [0.1, 0.15) is 69.4 Å². The first kappa shape index (κ1) is 32.4. The summed E-state index contributed by atoms with van der Waals surface area (Å²) in [7, 11) is 5.39. The van der Waals surface area contributed by atoms with Gasteiger partial charge in [-0.25, -0.2) is 18.6 Å². The molecule has 0 bridgehead atoms. The highest BCUT2D eigenvalue weighted by atomic mass is 19.3. The predicted octanol–water partition coefficient (Wildman–Crippen LogP) is 3.78. The summed E-state index contributed by atoms with van der Waals surface area (Å²) in [5.41, 5.74) is 3.65. The molecule has 4 amide bonds. The number of hydrogen-bond acceptors (Lipinski definition) is 7. The van der Waals surface area contributed by atoms with Crippen molar-refractivity contribution in [3.05, 3.63) is 70.7 Å². The number of benzene rings is 1. The third-order valence-electron chi connectivity index (χ3n) is 9.16. The molecule has 4 heterocycles. The lowest BCUT2D eigenvalue weighted by Gasteiger charge is -2.38. The molecule has 2 fully saturated rings. The van der Waals surface area contributed by atoms with Gasteiger partial charge in [-0.1, -0.05) is 19.1 Å². The van der Waals surface area contributed by atoms with Gasteiger partial charge < -0.3 is 30.2 Å². The molecular weight excluding hydrogens is 608 g/mol. The summed E-state index contributed by atoms with van der Waals surface area (Å²) in [4.78, 5) is 50.6. The number of rotatable bonds is 7. The van der Waals surface area contributed by atoms with Gasteiger partial charge in [0.15, 0.2) is 5.69 Å². The van der Waals surface area contributed by atoms with Crippen LogP contribution >= 0.6 is 0 Å². The highest BCUT2D eigenvalue weighted by Crippen LogP contribution is 2.47. The Morgan fingerprint density at radius 3 is 2.34 bits per heavy atom. The number of anilines is 2. The average Bonchev–Trinajstić information content (AvgIpc) is 3.43. The minimum Gasteiger partial charge on any atom is -0.351 e. The summed E-state index contributed by atoms with van der Waals surface area (Å²) in [5.74, 6) is -2.75. The Labute approximate surface area is 272 Å². The van der Waals surface area contributed by atoms with E-state index in [0.717, 1.165) is 24.3 Å². The average molecular weight is 650 g/mol. The number of alkyl halides is 2. The SMILES string of the molecule is C[C@H]1CN(c2ccc(C(=O)N(C)C)cn2)Cc2c(C(=O)NCc3ccc(NC(=O)N4CCN(C)CC4)cc3)nn(C3CC(F)(F)C3)c21. The van der Waals surface area contributed by atoms with Gasteiger partial charge in [-0.15, -0.1) is 0 Å². The lowest BCUT2D eigenvalue weighted by Crippen LogP contribution is -2.48. The van der Waals surface area contributed by atoms with Gasteiger partial charge in [0.1, 0.15) is 5.82 Å². The molecule has 3 aliphatic rings. The number of fused-ring (bicyclic) bond motifs is 1. The Balaban J connectivity index is 1.16. The number of amides is 4. The van der Waals surface area contributed by atoms with E-state index in [1.165, 1.54) is 11.1 Å². The van der Waals surface area contributed by atoms with Crippen molar-refractivity contribution in [1.82, 2.24) is 34.8 Å². The van der Waals surface area contributed by atoms with Crippen molar-refractivity contribution in [2.45, 2.75) is 50.7 Å². The van der Waals surface area contributed by atoms with Crippen molar-refractivity contribution in [3.8, 4) is 0 Å². The van der Waals surface area contributed by atoms with Crippen molar-refractivity contribution in [2.24, 2.45) is 0 Å². The minimum atomic E-state index is -2.73. The maximum absolute atomic E-state index is 13.9. The largest absolute Gasteiger partial charge is 0.351 e. The van der Waals surface area contributed by atoms with Crippen molar-refractivity contribution in [1.29, 1.82) is 0 Å². The highest BCUT2D eigenvalue weighted by Gasteiger charge is 2.48. The van der Waals surface area contributed by atoms with Crippen LogP contribution in [-0.4, -0.2) is 107 Å². The number of pyridine rings is 1. The molecule has 3 aromatic rings. The first-order valence-corrected chi connectivity index (χ1v) is 15.9. The van der Waals surface area contributed by atoms with Gasteiger partial charge in [0.25, 0.3) is 17.7 Å². The van der Waals surface area contributed by atoms with Gasteiger partial charge in [-0.3, -0.25) is 14.3 Å². The monoisotopic (exact) mass is 649 g/mol. The van der Waals surface area contributed by atoms with Crippen LogP contribution in [0, 0.1) is 0 Å². The first-order valence-electron chi connectivity index (χ1n) is 15.9. The molecule has 6 rings (SSSR count). The van der Waals surface area contributed by atoms with Crippen LogP contribution in [0.4, 0.5) is 25.1 Å². The van der Waals surface area contributed by atoms with Gasteiger partial charge in [0, 0.05) is 102 Å². The van der Waals surface area contributed by atoms with Crippen molar-refractivity contribution in [3.63, 3.8) is 0 Å². The molecular formula is C33H41F2N9O3. The first-order chi connectivity index (χ1) is 22.4. The van der Waals surface area contributed by atoms with Gasteiger partial charge in [-0.05, 0) is 36.9 Å². The zero-order valence-electron chi connectivity index (χ0n) is 27.2. The summed E-state index contributed by atoms with van der Waals surface area (Å²) in [6.07, 6.45) is 0.924. The molecule has 14 heteroatoms. The second kappa shape index (κ2) is 12.9. The van der Waals surface area contributed by atoms with Crippen molar-refractivity contribution < 1.29 is 23.2 Å². The zero-order chi connectivity index (χ0) is 33.5. The predicted molar refractivity (Wildman–Crippen MR) is 173 cm³/mol. The summed E-state index contributed by atoms with van der Waals surface area (Å²) in [5, 5.41) is 10.5. The third-order valence-corrected chi connectivity index (χ3v) is 9.16. The fourth-order valence-corrected chi connectivity index (χ4v) is 6.41. The Bertz CT molecular complexity index is 1630. The molecule has 0 radical (unpaired) electrons. The molecule has 2 aromatic heterocycles. The van der Waals surface area contributed by atoms with Crippen molar-refractivity contribution in [2.75, 3.05) is 64.1 Å². The van der Waals surface area contributed by atoms with E-state index in [9.17, 15) is 23.2 Å². The van der Waals surface area contributed by atoms with E-state index in [1.807, 2.05) is 31.0 Å². The van der Waals surface area contributed by atoms with Crippen LogP contribution in [0.25, 0.3) is 0 Å². The standard InChI is InChI=1S/C33H41F2N9O3/c1-21-19-43(27-10-7-23(18-36-27)31(46)40(2)3)20-26-28(39-44(29(21)26)25-15-33(34,35)16-25)30(45)37-17-22-5-8-24(9-6-22)38-32(47)42-13-11-41(4)12-14-42/h5-10,18,21,25H,11-17,19-20H2,1-4H3,(H,37,45)(H,38,47)/t21-/m0/s1. The maximum atomic E-state index is 13.9. The smallest absolute Gasteiger partial charge is 0.321 e. The number of piperazine rings is 1. The molecule has 12 nitrogen and oxygen atoms in total. The fraction of sp³-hybridized carbons (Fsp3) is 0.485. The minimum absolute atomic E-state index is 0.111. The molecule has 0 spiro atoms. The molecule has 1 saturated heterocycles. The van der Waals surface area contributed by atoms with Crippen LogP contribution < -0.4 is 15.5 Å². The summed E-state index contributed by atoms with van der Waals surface area (Å²) >= 11 is 0. The van der Waals surface area contributed by atoms with Gasteiger partial charge in [0.05, 0.1) is 11.6 Å². The lowest BCUT2D eigenvalue weighted by molar-refractivity contribution is -0.107. The molecule has 47 heavy (non-hydrogen) atoms. The van der Waals surface area contributed by atoms with Crippen LogP contribution in [0.5, 0.6) is 0 Å². The molecule has 1 saturated carbocycles. The maximum Gasteiger partial charge on any atom is 0.321 e. The normalized spacial score (nSPS) is 19.5. The Morgan fingerprint density at radius 1 is 1.02 bits per heavy atom. The van der Waals surface area contributed by atoms with E-state index >= 15 is 0 Å². The van der Waals surface area contributed by atoms with Crippen LogP contribution in [0.3, 0.4) is 0 Å². The number of hydrogen-bond donors (Lipinski definition) is 2. The highest BCUT2D eigenvalue weighted by molar-refractivity contribution is 5.95. The molecule has 1 atom stereocenters. The van der Waals surface area contributed by atoms with Crippen LogP contribution in [0.15, 0.2) is 42.6 Å². The molecule has 2 N–H and O–H groups in total. The molecule has 2 aliphatic heterocycles. The van der Waals surface area contributed by atoms with Crippen LogP contribution in [0.2, 0.25) is 0 Å². The quantitative estimate of drug-likeness (QED) is 0.400. The van der Waals surface area contributed by atoms with E-state index in [0.29, 0.717) is 48.8 Å². The van der Waals surface area contributed by atoms with E-state index in [-0.39, 0.29) is 42.9 Å². The van der Waals surface area contributed by atoms with E-state index in [1.54, 1.807) is 47.9 Å². The fourth-order valence-electron chi connectivity index (χ4n) is 6.41. The Hall–Kier alpha value is -4.59. The number of likely N-dealkylation sites (N-methyl/N-ethyl adjacent to an activating group) is 1. The second-order valence-electron chi connectivity index (χ2n) is 13.1. The van der Waals surface area contributed by atoms with E-state index in [2.05, 4.69) is 25.6 Å². The molecule has 1 aromatic carbocycles. The van der Waals surface area contributed by atoms with E-state index in [4.69, 9.17) is 0 Å². The topological polar surface area (TPSA) is 119 Å². The third kappa shape index (κ3) is 6.92. The second-order valence-corrected chi connectivity index (χ2v) is 13.1.